The first kappa shape index (κ1) is 22.0. The standard InChI is InChI=1S/C23H23F3N4O3/c24-23(25,26)17-5-3-15(4-6-17)10-28-13-22(14-28)21(33)29(11-16-2-1-7-27-9-16)20(32)19-8-18(31)12-30(19)22/h1-7,9,18-19,31H,8,10-14H2. The van der Waals surface area contributed by atoms with Gasteiger partial charge >= 0.3 is 6.18 Å². The van der Waals surface area contributed by atoms with E-state index in [1.165, 1.54) is 17.0 Å². The fraction of sp³-hybridized carbons (Fsp3) is 0.435. The number of pyridine rings is 1. The number of β-amino-alcohol motifs (C(OH)–C–C–N with tert-alkyl or cyclic N) is 1. The van der Waals surface area contributed by atoms with Crippen molar-refractivity contribution in [2.24, 2.45) is 0 Å². The van der Waals surface area contributed by atoms with Gasteiger partial charge in [0.15, 0.2) is 0 Å². The van der Waals surface area contributed by atoms with Crippen LogP contribution < -0.4 is 0 Å². The SMILES string of the molecule is O=C1C2CC(O)CN2C2(CN(Cc3ccc(C(F)(F)F)cc3)C2)C(=O)N1Cc1cccnc1. The summed E-state index contributed by atoms with van der Waals surface area (Å²) in [7, 11) is 0. The molecule has 3 saturated heterocycles. The molecule has 2 amide bonds. The van der Waals surface area contributed by atoms with E-state index in [4.69, 9.17) is 0 Å². The molecule has 1 aromatic carbocycles. The van der Waals surface area contributed by atoms with Crippen LogP contribution in [0.1, 0.15) is 23.1 Å². The van der Waals surface area contributed by atoms with Gasteiger partial charge in [0.2, 0.25) is 5.91 Å². The molecule has 1 N–H and O–H groups in total. The first-order valence-electron chi connectivity index (χ1n) is 10.8. The smallest absolute Gasteiger partial charge is 0.392 e. The highest BCUT2D eigenvalue weighted by Crippen LogP contribution is 2.41. The highest BCUT2D eigenvalue weighted by atomic mass is 19.4. The number of nitrogens with zero attached hydrogens (tertiary/aromatic N) is 4. The molecule has 33 heavy (non-hydrogen) atoms. The number of halogens is 3. The van der Waals surface area contributed by atoms with Gasteiger partial charge < -0.3 is 5.11 Å². The number of imide groups is 1. The number of carbonyl (C=O) groups is 2. The maximum Gasteiger partial charge on any atom is 0.416 e. The Morgan fingerprint density at radius 2 is 1.79 bits per heavy atom. The van der Waals surface area contributed by atoms with Crippen LogP contribution in [-0.2, 0) is 28.9 Å². The van der Waals surface area contributed by atoms with E-state index in [9.17, 15) is 27.9 Å². The Balaban J connectivity index is 1.34. The van der Waals surface area contributed by atoms with E-state index in [-0.39, 0.29) is 31.3 Å². The molecule has 2 unspecified atom stereocenters. The molecule has 0 saturated carbocycles. The molecule has 10 heteroatoms. The zero-order chi connectivity index (χ0) is 23.4. The molecule has 1 spiro atoms. The highest BCUT2D eigenvalue weighted by molar-refractivity contribution is 6.06. The van der Waals surface area contributed by atoms with Gasteiger partial charge in [-0.25, -0.2) is 0 Å². The van der Waals surface area contributed by atoms with E-state index in [1.54, 1.807) is 24.5 Å². The molecular weight excluding hydrogens is 437 g/mol. The number of aliphatic hydroxyl groups excluding tert-OH is 1. The monoisotopic (exact) mass is 460 g/mol. The topological polar surface area (TPSA) is 77.0 Å². The number of benzene rings is 1. The molecule has 3 aliphatic heterocycles. The number of rotatable bonds is 4. The second-order valence-corrected chi connectivity index (χ2v) is 9.02. The number of carbonyl (C=O) groups excluding carboxylic acids is 2. The zero-order valence-corrected chi connectivity index (χ0v) is 17.7. The highest BCUT2D eigenvalue weighted by Gasteiger charge is 2.64. The van der Waals surface area contributed by atoms with Crippen molar-refractivity contribution in [3.63, 3.8) is 0 Å². The van der Waals surface area contributed by atoms with Crippen molar-refractivity contribution in [1.29, 1.82) is 0 Å². The lowest BCUT2D eigenvalue weighted by atomic mass is 9.82. The van der Waals surface area contributed by atoms with Crippen molar-refractivity contribution < 1.29 is 27.9 Å². The Hall–Kier alpha value is -2.82. The molecule has 5 rings (SSSR count). The van der Waals surface area contributed by atoms with Gasteiger partial charge in [-0.2, -0.15) is 13.2 Å². The quantitative estimate of drug-likeness (QED) is 0.700. The number of amides is 2. The largest absolute Gasteiger partial charge is 0.416 e. The Morgan fingerprint density at radius 3 is 2.42 bits per heavy atom. The Kier molecular flexibility index (Phi) is 5.26. The second kappa shape index (κ2) is 7.89. The maximum atomic E-state index is 13.6. The number of hydrogen-bond donors (Lipinski definition) is 1. The van der Waals surface area contributed by atoms with E-state index in [0.29, 0.717) is 25.2 Å². The minimum Gasteiger partial charge on any atom is -0.392 e. The molecule has 0 radical (unpaired) electrons. The van der Waals surface area contributed by atoms with Crippen LogP contribution in [0.5, 0.6) is 0 Å². The van der Waals surface area contributed by atoms with Gasteiger partial charge in [0.05, 0.1) is 24.3 Å². The number of likely N-dealkylation sites (tertiary alicyclic amines) is 1. The van der Waals surface area contributed by atoms with Gasteiger partial charge in [0.1, 0.15) is 5.54 Å². The second-order valence-electron chi connectivity index (χ2n) is 9.02. The molecule has 3 aliphatic rings. The van der Waals surface area contributed by atoms with Crippen molar-refractivity contribution in [2.45, 2.75) is 43.4 Å². The fourth-order valence-electron chi connectivity index (χ4n) is 5.18. The minimum atomic E-state index is -4.39. The zero-order valence-electron chi connectivity index (χ0n) is 17.7. The fourth-order valence-corrected chi connectivity index (χ4v) is 5.18. The van der Waals surface area contributed by atoms with Crippen LogP contribution in [0.3, 0.4) is 0 Å². The Labute approximate surface area is 188 Å². The summed E-state index contributed by atoms with van der Waals surface area (Å²) in [5, 5.41) is 10.2. The van der Waals surface area contributed by atoms with Gasteiger partial charge in [-0.05, 0) is 35.7 Å². The molecule has 7 nitrogen and oxygen atoms in total. The molecule has 0 bridgehead atoms. The van der Waals surface area contributed by atoms with Crippen LogP contribution in [0.25, 0.3) is 0 Å². The molecule has 2 atom stereocenters. The van der Waals surface area contributed by atoms with Crippen LogP contribution in [0.15, 0.2) is 48.8 Å². The number of hydrogen-bond acceptors (Lipinski definition) is 6. The molecule has 174 valence electrons. The summed E-state index contributed by atoms with van der Waals surface area (Å²) in [5.41, 5.74) is -0.179. The van der Waals surface area contributed by atoms with E-state index in [2.05, 4.69) is 4.98 Å². The molecule has 4 heterocycles. The first-order chi connectivity index (χ1) is 15.7. The third-order valence-electron chi connectivity index (χ3n) is 6.74. The van der Waals surface area contributed by atoms with Crippen molar-refractivity contribution >= 4 is 11.8 Å². The van der Waals surface area contributed by atoms with Gasteiger partial charge in [0.25, 0.3) is 5.91 Å². The molecule has 0 aliphatic carbocycles. The first-order valence-corrected chi connectivity index (χ1v) is 10.8. The predicted octanol–water partition coefficient (Wildman–Crippen LogP) is 1.66. The van der Waals surface area contributed by atoms with E-state index in [0.717, 1.165) is 17.7 Å². The number of aromatic nitrogens is 1. The summed E-state index contributed by atoms with van der Waals surface area (Å²) in [6, 6.07) is 7.96. The molecule has 3 fully saturated rings. The summed E-state index contributed by atoms with van der Waals surface area (Å²) < 4.78 is 38.4. The summed E-state index contributed by atoms with van der Waals surface area (Å²) in [5.74, 6) is -0.613. The van der Waals surface area contributed by atoms with Crippen LogP contribution in [0.2, 0.25) is 0 Å². The number of piperazine rings is 1. The van der Waals surface area contributed by atoms with Crippen LogP contribution in [0, 0.1) is 0 Å². The van der Waals surface area contributed by atoms with Crippen LogP contribution in [0.4, 0.5) is 13.2 Å². The lowest BCUT2D eigenvalue weighted by Gasteiger charge is -2.58. The summed E-state index contributed by atoms with van der Waals surface area (Å²) in [6.07, 6.45) is -1.57. The number of fused-ring (bicyclic) bond motifs is 2. The third-order valence-corrected chi connectivity index (χ3v) is 6.74. The van der Waals surface area contributed by atoms with Crippen molar-refractivity contribution in [2.75, 3.05) is 19.6 Å². The van der Waals surface area contributed by atoms with Crippen molar-refractivity contribution in [3.8, 4) is 0 Å². The lowest BCUT2D eigenvalue weighted by molar-refractivity contribution is -0.181. The number of alkyl halides is 3. The summed E-state index contributed by atoms with van der Waals surface area (Å²) in [6.45, 7) is 1.44. The Morgan fingerprint density at radius 1 is 1.06 bits per heavy atom. The van der Waals surface area contributed by atoms with Crippen LogP contribution >= 0.6 is 0 Å². The average Bonchev–Trinajstić information content (AvgIpc) is 3.15. The molecular formula is C23H23F3N4O3. The van der Waals surface area contributed by atoms with E-state index < -0.39 is 29.4 Å². The third kappa shape index (κ3) is 3.81. The van der Waals surface area contributed by atoms with Crippen LogP contribution in [-0.4, -0.2) is 73.9 Å². The summed E-state index contributed by atoms with van der Waals surface area (Å²) in [4.78, 5) is 35.8. The van der Waals surface area contributed by atoms with Crippen molar-refractivity contribution in [3.05, 3.63) is 65.5 Å². The van der Waals surface area contributed by atoms with Gasteiger partial charge in [0, 0.05) is 38.6 Å². The minimum absolute atomic E-state index is 0.118. The van der Waals surface area contributed by atoms with E-state index in [1.807, 2.05) is 9.80 Å². The summed E-state index contributed by atoms with van der Waals surface area (Å²) >= 11 is 0. The molecule has 1 aromatic heterocycles. The molecule has 2 aromatic rings. The average molecular weight is 460 g/mol. The lowest BCUT2D eigenvalue weighted by Crippen LogP contribution is -2.81. The number of aliphatic hydroxyl groups is 1. The normalized spacial score (nSPS) is 25.4. The van der Waals surface area contributed by atoms with Gasteiger partial charge in [-0.1, -0.05) is 18.2 Å². The predicted molar refractivity (Wildman–Crippen MR) is 110 cm³/mol. The van der Waals surface area contributed by atoms with Crippen molar-refractivity contribution in [1.82, 2.24) is 19.7 Å². The van der Waals surface area contributed by atoms with Gasteiger partial charge in [-0.3, -0.25) is 29.3 Å². The van der Waals surface area contributed by atoms with Gasteiger partial charge in [-0.15, -0.1) is 0 Å². The Bertz CT molecular complexity index is 1050. The van der Waals surface area contributed by atoms with E-state index >= 15 is 0 Å². The maximum absolute atomic E-state index is 13.6.